The van der Waals surface area contributed by atoms with Crippen molar-refractivity contribution in [2.45, 2.75) is 19.4 Å². The molecule has 0 saturated heterocycles. The summed E-state index contributed by atoms with van der Waals surface area (Å²) in [6.45, 7) is 2.67. The van der Waals surface area contributed by atoms with Crippen molar-refractivity contribution >= 4 is 34.2 Å². The molecule has 0 bridgehead atoms. The number of carbonyl (C=O) groups is 1. The fourth-order valence-electron chi connectivity index (χ4n) is 1.30. The minimum Gasteiger partial charge on any atom is -0.490 e. The highest BCUT2D eigenvalue weighted by Crippen LogP contribution is 2.21. The molecule has 1 atom stereocenters. The smallest absolute Gasteiger partial charge is 0.223 e. The lowest BCUT2D eigenvalue weighted by Crippen LogP contribution is -2.37. The van der Waals surface area contributed by atoms with Crippen LogP contribution in [0.5, 0.6) is 5.75 Å². The molecule has 1 unspecified atom stereocenters. The van der Waals surface area contributed by atoms with Crippen LogP contribution in [0.2, 0.25) is 0 Å². The molecule has 7 heteroatoms. The van der Waals surface area contributed by atoms with Gasteiger partial charge in [-0.15, -0.1) is 12.4 Å². The van der Waals surface area contributed by atoms with Crippen LogP contribution in [0, 0.1) is 5.82 Å². The molecule has 0 aliphatic rings. The molecule has 0 radical (unpaired) electrons. The number of hydrogen-bond donors (Lipinski definition) is 2. The summed E-state index contributed by atoms with van der Waals surface area (Å²) in [6.07, 6.45) is 0.200. The van der Waals surface area contributed by atoms with Gasteiger partial charge in [-0.05, 0) is 32.2 Å². The molecule has 0 aromatic heterocycles. The summed E-state index contributed by atoms with van der Waals surface area (Å²) in [5, 5.41) is 5.78. The highest BCUT2D eigenvalue weighted by molar-refractivity contribution is 9.10. The highest BCUT2D eigenvalue weighted by atomic mass is 79.9. The van der Waals surface area contributed by atoms with Gasteiger partial charge in [-0.1, -0.05) is 15.9 Å². The van der Waals surface area contributed by atoms with Gasteiger partial charge in [0.1, 0.15) is 0 Å². The van der Waals surface area contributed by atoms with Gasteiger partial charge in [-0.25, -0.2) is 4.39 Å². The first kappa shape index (κ1) is 19.1. The Morgan fingerprint density at radius 1 is 1.50 bits per heavy atom. The lowest BCUT2D eigenvalue weighted by Gasteiger charge is -2.12. The summed E-state index contributed by atoms with van der Waals surface area (Å²) in [7, 11) is 1.83. The summed E-state index contributed by atoms with van der Waals surface area (Å²) in [6, 6.07) is 4.76. The molecule has 1 rings (SSSR count). The van der Waals surface area contributed by atoms with Crippen LogP contribution in [0.1, 0.15) is 13.3 Å². The van der Waals surface area contributed by atoms with Gasteiger partial charge in [0.2, 0.25) is 5.91 Å². The van der Waals surface area contributed by atoms with Crippen molar-refractivity contribution in [2.75, 3.05) is 20.2 Å². The Kier molecular flexibility index (Phi) is 9.54. The predicted molar refractivity (Wildman–Crippen MR) is 83.0 cm³/mol. The van der Waals surface area contributed by atoms with Crippen molar-refractivity contribution in [1.29, 1.82) is 0 Å². The van der Waals surface area contributed by atoms with E-state index in [1.165, 1.54) is 12.1 Å². The Hall–Kier alpha value is -0.850. The molecule has 0 spiro atoms. The fourth-order valence-corrected chi connectivity index (χ4v) is 1.64. The van der Waals surface area contributed by atoms with Crippen LogP contribution < -0.4 is 15.4 Å². The van der Waals surface area contributed by atoms with E-state index in [1.54, 1.807) is 6.07 Å². The van der Waals surface area contributed by atoms with Gasteiger partial charge in [0.15, 0.2) is 11.6 Å². The molecule has 2 N–H and O–H groups in total. The molecule has 0 aliphatic carbocycles. The number of likely N-dealkylation sites (N-methyl/N-ethyl adjacent to an activating group) is 1. The number of amides is 1. The van der Waals surface area contributed by atoms with E-state index < -0.39 is 5.82 Å². The van der Waals surface area contributed by atoms with E-state index in [-0.39, 0.29) is 43.1 Å². The zero-order valence-electron chi connectivity index (χ0n) is 11.4. The number of benzene rings is 1. The molecule has 0 fully saturated rings. The van der Waals surface area contributed by atoms with Gasteiger partial charge >= 0.3 is 0 Å². The van der Waals surface area contributed by atoms with Crippen LogP contribution in [0.25, 0.3) is 0 Å². The van der Waals surface area contributed by atoms with E-state index in [4.69, 9.17) is 4.74 Å². The summed E-state index contributed by atoms with van der Waals surface area (Å²) < 4.78 is 19.3. The third kappa shape index (κ3) is 7.07. The van der Waals surface area contributed by atoms with E-state index in [0.717, 1.165) is 0 Å². The largest absolute Gasteiger partial charge is 0.490 e. The zero-order chi connectivity index (χ0) is 14.3. The molecule has 1 aromatic rings. The first-order valence-corrected chi connectivity index (χ1v) is 6.84. The zero-order valence-corrected chi connectivity index (χ0v) is 13.8. The number of rotatable bonds is 7. The second kappa shape index (κ2) is 9.96. The first-order valence-electron chi connectivity index (χ1n) is 6.04. The van der Waals surface area contributed by atoms with Crippen molar-refractivity contribution in [1.82, 2.24) is 10.6 Å². The standard InChI is InChI=1S/C13H18BrFN2O2.ClH/c1-9(16-2)8-17-13(18)5-6-19-12-4-3-10(14)7-11(12)15;/h3-4,7,9,16H,5-6,8H2,1-2H3,(H,17,18);1H. The number of nitrogens with one attached hydrogen (secondary N) is 2. The number of carbonyl (C=O) groups excluding carboxylic acids is 1. The highest BCUT2D eigenvalue weighted by Gasteiger charge is 2.07. The normalized spacial score (nSPS) is 11.4. The average molecular weight is 370 g/mol. The van der Waals surface area contributed by atoms with Crippen molar-refractivity contribution in [3.8, 4) is 5.75 Å². The van der Waals surface area contributed by atoms with E-state index in [1.807, 2.05) is 14.0 Å². The minimum atomic E-state index is -0.446. The van der Waals surface area contributed by atoms with Gasteiger partial charge < -0.3 is 15.4 Å². The Balaban J connectivity index is 0.00000361. The Morgan fingerprint density at radius 2 is 2.20 bits per heavy atom. The van der Waals surface area contributed by atoms with Gasteiger partial charge in [0.05, 0.1) is 13.0 Å². The monoisotopic (exact) mass is 368 g/mol. The summed E-state index contributed by atoms with van der Waals surface area (Å²) >= 11 is 3.16. The SMILES string of the molecule is CNC(C)CNC(=O)CCOc1ccc(Br)cc1F.Cl. The van der Waals surface area contributed by atoms with Crippen molar-refractivity contribution in [2.24, 2.45) is 0 Å². The maximum absolute atomic E-state index is 13.4. The molecule has 0 heterocycles. The Bertz CT molecular complexity index is 435. The third-order valence-corrected chi connectivity index (χ3v) is 3.07. The van der Waals surface area contributed by atoms with Crippen LogP contribution in [0.4, 0.5) is 4.39 Å². The third-order valence-electron chi connectivity index (χ3n) is 2.58. The lowest BCUT2D eigenvalue weighted by molar-refractivity contribution is -0.121. The molecule has 1 amide bonds. The molecule has 4 nitrogen and oxygen atoms in total. The first-order chi connectivity index (χ1) is 9.02. The summed E-state index contributed by atoms with van der Waals surface area (Å²) in [5.74, 6) is -0.405. The van der Waals surface area contributed by atoms with Crippen molar-refractivity contribution in [3.05, 3.63) is 28.5 Å². The molecule has 1 aromatic carbocycles. The van der Waals surface area contributed by atoms with Gasteiger partial charge in [0.25, 0.3) is 0 Å². The molecule has 20 heavy (non-hydrogen) atoms. The maximum atomic E-state index is 13.4. The van der Waals surface area contributed by atoms with E-state index in [2.05, 4.69) is 26.6 Å². The maximum Gasteiger partial charge on any atom is 0.223 e. The topological polar surface area (TPSA) is 50.4 Å². The van der Waals surface area contributed by atoms with Crippen molar-refractivity contribution in [3.63, 3.8) is 0 Å². The second-order valence-corrected chi connectivity index (χ2v) is 5.08. The van der Waals surface area contributed by atoms with E-state index >= 15 is 0 Å². The molecular formula is C13H19BrClFN2O2. The molecule has 0 aliphatic heterocycles. The second-order valence-electron chi connectivity index (χ2n) is 4.17. The van der Waals surface area contributed by atoms with Crippen LogP contribution in [0.3, 0.4) is 0 Å². The fraction of sp³-hybridized carbons (Fsp3) is 0.462. The van der Waals surface area contributed by atoms with Crippen LogP contribution >= 0.6 is 28.3 Å². The average Bonchev–Trinajstić information content (AvgIpc) is 2.38. The predicted octanol–water partition coefficient (Wildman–Crippen LogP) is 2.50. The van der Waals surface area contributed by atoms with E-state index in [0.29, 0.717) is 11.0 Å². The quantitative estimate of drug-likeness (QED) is 0.776. The molecule has 0 saturated carbocycles. The Morgan fingerprint density at radius 3 is 2.80 bits per heavy atom. The number of halogens is 3. The van der Waals surface area contributed by atoms with Crippen LogP contribution in [-0.4, -0.2) is 32.1 Å². The van der Waals surface area contributed by atoms with Crippen LogP contribution in [0.15, 0.2) is 22.7 Å². The molecular weight excluding hydrogens is 351 g/mol. The van der Waals surface area contributed by atoms with Gasteiger partial charge in [-0.3, -0.25) is 4.79 Å². The summed E-state index contributed by atoms with van der Waals surface area (Å²) in [5.41, 5.74) is 0. The van der Waals surface area contributed by atoms with Gasteiger partial charge in [-0.2, -0.15) is 0 Å². The van der Waals surface area contributed by atoms with Gasteiger partial charge in [0, 0.05) is 17.1 Å². The molecule has 114 valence electrons. The lowest BCUT2D eigenvalue weighted by atomic mass is 10.3. The minimum absolute atomic E-state index is 0. The van der Waals surface area contributed by atoms with Crippen molar-refractivity contribution < 1.29 is 13.9 Å². The Labute approximate surface area is 133 Å². The van der Waals surface area contributed by atoms with Crippen LogP contribution in [-0.2, 0) is 4.79 Å². The van der Waals surface area contributed by atoms with E-state index in [9.17, 15) is 9.18 Å². The number of hydrogen-bond acceptors (Lipinski definition) is 3. The summed E-state index contributed by atoms with van der Waals surface area (Å²) in [4.78, 5) is 11.5. The number of ether oxygens (including phenoxy) is 1.